The standard InChI is InChI=1S/C21H19N5O/c1-13-20(14(2)26(3)25-13)19-12-17(16-6-4-5-7-18(16)24-19)21(27)23-15-8-10-22-11-9-15/h4-12H,1-3H3,(H,22,23,27). The number of pyridine rings is 2. The smallest absolute Gasteiger partial charge is 0.256 e. The third-order valence-electron chi connectivity index (χ3n) is 4.66. The number of carbonyl (C=O) groups excluding carboxylic acids is 1. The first-order valence-corrected chi connectivity index (χ1v) is 8.66. The monoisotopic (exact) mass is 357 g/mol. The van der Waals surface area contributed by atoms with Gasteiger partial charge in [0.2, 0.25) is 0 Å². The van der Waals surface area contributed by atoms with E-state index in [1.807, 2.05) is 55.9 Å². The fourth-order valence-electron chi connectivity index (χ4n) is 3.27. The first-order chi connectivity index (χ1) is 13.0. The second kappa shape index (κ2) is 6.64. The van der Waals surface area contributed by atoms with Crippen molar-refractivity contribution in [3.8, 4) is 11.3 Å². The van der Waals surface area contributed by atoms with Crippen LogP contribution in [0.4, 0.5) is 5.69 Å². The van der Waals surface area contributed by atoms with Crippen LogP contribution in [0.1, 0.15) is 21.7 Å². The van der Waals surface area contributed by atoms with Gasteiger partial charge in [0.1, 0.15) is 0 Å². The number of nitrogens with zero attached hydrogens (tertiary/aromatic N) is 4. The van der Waals surface area contributed by atoms with Crippen molar-refractivity contribution < 1.29 is 4.79 Å². The van der Waals surface area contributed by atoms with Gasteiger partial charge in [0, 0.05) is 41.8 Å². The minimum atomic E-state index is -0.180. The summed E-state index contributed by atoms with van der Waals surface area (Å²) >= 11 is 0. The van der Waals surface area contributed by atoms with Crippen LogP contribution in [0.3, 0.4) is 0 Å². The van der Waals surface area contributed by atoms with Crippen molar-refractivity contribution in [2.45, 2.75) is 13.8 Å². The largest absolute Gasteiger partial charge is 0.322 e. The van der Waals surface area contributed by atoms with E-state index in [1.165, 1.54) is 0 Å². The molecule has 1 N–H and O–H groups in total. The number of anilines is 1. The number of amides is 1. The molecule has 0 fully saturated rings. The first-order valence-electron chi connectivity index (χ1n) is 8.66. The van der Waals surface area contributed by atoms with Gasteiger partial charge in [0.25, 0.3) is 5.91 Å². The normalized spacial score (nSPS) is 10.9. The Morgan fingerprint density at radius 3 is 2.52 bits per heavy atom. The predicted octanol–water partition coefficient (Wildman–Crippen LogP) is 3.90. The van der Waals surface area contributed by atoms with Crippen molar-refractivity contribution in [1.82, 2.24) is 19.7 Å². The Labute approximate surface area is 156 Å². The van der Waals surface area contributed by atoms with E-state index in [2.05, 4.69) is 15.4 Å². The van der Waals surface area contributed by atoms with Gasteiger partial charge in [-0.25, -0.2) is 4.98 Å². The maximum Gasteiger partial charge on any atom is 0.256 e. The minimum Gasteiger partial charge on any atom is -0.322 e. The van der Waals surface area contributed by atoms with Gasteiger partial charge in [-0.05, 0) is 38.1 Å². The number of carbonyl (C=O) groups is 1. The van der Waals surface area contributed by atoms with Gasteiger partial charge in [-0.1, -0.05) is 18.2 Å². The molecule has 6 nitrogen and oxygen atoms in total. The molecule has 1 aromatic carbocycles. The summed E-state index contributed by atoms with van der Waals surface area (Å²) in [5.41, 5.74) is 5.66. The number of hydrogen-bond acceptors (Lipinski definition) is 4. The lowest BCUT2D eigenvalue weighted by Crippen LogP contribution is -2.13. The van der Waals surface area contributed by atoms with Crippen LogP contribution in [-0.2, 0) is 7.05 Å². The SMILES string of the molecule is Cc1nn(C)c(C)c1-c1cc(C(=O)Nc2ccncc2)c2ccccc2n1. The topological polar surface area (TPSA) is 72.7 Å². The average molecular weight is 357 g/mol. The lowest BCUT2D eigenvalue weighted by Gasteiger charge is -2.11. The third-order valence-corrected chi connectivity index (χ3v) is 4.66. The predicted molar refractivity (Wildman–Crippen MR) is 106 cm³/mol. The number of aryl methyl sites for hydroxylation is 2. The molecule has 4 aromatic rings. The highest BCUT2D eigenvalue weighted by Gasteiger charge is 2.18. The van der Waals surface area contributed by atoms with Gasteiger partial charge in [-0.15, -0.1) is 0 Å². The molecule has 1 amide bonds. The molecule has 4 rings (SSSR count). The summed E-state index contributed by atoms with van der Waals surface area (Å²) in [5, 5.41) is 8.23. The molecule has 134 valence electrons. The first kappa shape index (κ1) is 16.9. The Hall–Kier alpha value is -3.54. The second-order valence-electron chi connectivity index (χ2n) is 6.43. The fourth-order valence-corrected chi connectivity index (χ4v) is 3.27. The van der Waals surface area contributed by atoms with Crippen LogP contribution < -0.4 is 5.32 Å². The van der Waals surface area contributed by atoms with E-state index in [4.69, 9.17) is 4.98 Å². The van der Waals surface area contributed by atoms with E-state index < -0.39 is 0 Å². The number of aromatic nitrogens is 4. The van der Waals surface area contributed by atoms with E-state index in [-0.39, 0.29) is 5.91 Å². The van der Waals surface area contributed by atoms with Crippen LogP contribution in [0.2, 0.25) is 0 Å². The van der Waals surface area contributed by atoms with E-state index in [0.717, 1.165) is 33.5 Å². The van der Waals surface area contributed by atoms with E-state index in [9.17, 15) is 4.79 Å². The van der Waals surface area contributed by atoms with Crippen molar-refractivity contribution >= 4 is 22.5 Å². The Morgan fingerprint density at radius 1 is 1.07 bits per heavy atom. The van der Waals surface area contributed by atoms with Crippen LogP contribution >= 0.6 is 0 Å². The Kier molecular flexibility index (Phi) is 4.16. The summed E-state index contributed by atoms with van der Waals surface area (Å²) in [6, 6.07) is 13.0. The molecule has 27 heavy (non-hydrogen) atoms. The number of nitrogens with one attached hydrogen (secondary N) is 1. The average Bonchev–Trinajstić information content (AvgIpc) is 2.93. The lowest BCUT2D eigenvalue weighted by molar-refractivity contribution is 0.102. The number of rotatable bonds is 3. The summed E-state index contributed by atoms with van der Waals surface area (Å²) in [5.74, 6) is -0.180. The van der Waals surface area contributed by atoms with Crippen LogP contribution in [0.25, 0.3) is 22.2 Å². The third kappa shape index (κ3) is 3.06. The van der Waals surface area contributed by atoms with Gasteiger partial charge in [-0.2, -0.15) is 5.10 Å². The zero-order valence-corrected chi connectivity index (χ0v) is 15.4. The molecule has 3 heterocycles. The Bertz CT molecular complexity index is 1150. The second-order valence-corrected chi connectivity index (χ2v) is 6.43. The van der Waals surface area contributed by atoms with Crippen LogP contribution in [-0.4, -0.2) is 25.7 Å². The zero-order chi connectivity index (χ0) is 19.0. The number of hydrogen-bond donors (Lipinski definition) is 1. The summed E-state index contributed by atoms with van der Waals surface area (Å²) < 4.78 is 1.83. The number of para-hydroxylation sites is 1. The number of fused-ring (bicyclic) bond motifs is 1. The van der Waals surface area contributed by atoms with Gasteiger partial charge in [-0.3, -0.25) is 14.5 Å². The molecule has 0 atom stereocenters. The minimum absolute atomic E-state index is 0.180. The Morgan fingerprint density at radius 2 is 1.81 bits per heavy atom. The summed E-state index contributed by atoms with van der Waals surface area (Å²) in [4.78, 5) is 21.8. The van der Waals surface area contributed by atoms with Crippen LogP contribution in [0, 0.1) is 13.8 Å². The van der Waals surface area contributed by atoms with E-state index >= 15 is 0 Å². The molecule has 3 aromatic heterocycles. The molecule has 0 bridgehead atoms. The van der Waals surface area contributed by atoms with Gasteiger partial charge in [0.05, 0.1) is 22.5 Å². The van der Waals surface area contributed by atoms with E-state index in [1.54, 1.807) is 24.5 Å². The highest BCUT2D eigenvalue weighted by atomic mass is 16.1. The molecule has 0 aliphatic rings. The van der Waals surface area contributed by atoms with Crippen molar-refractivity contribution in [3.05, 3.63) is 71.8 Å². The molecular formula is C21H19N5O. The highest BCUT2D eigenvalue weighted by Crippen LogP contribution is 2.29. The van der Waals surface area contributed by atoms with Gasteiger partial charge >= 0.3 is 0 Å². The van der Waals surface area contributed by atoms with Crippen LogP contribution in [0.5, 0.6) is 0 Å². The molecule has 0 saturated heterocycles. The van der Waals surface area contributed by atoms with Gasteiger partial charge in [0.15, 0.2) is 0 Å². The van der Waals surface area contributed by atoms with E-state index in [0.29, 0.717) is 11.3 Å². The summed E-state index contributed by atoms with van der Waals surface area (Å²) in [6.45, 7) is 3.96. The quantitative estimate of drug-likeness (QED) is 0.603. The molecule has 6 heteroatoms. The Balaban J connectivity index is 1.88. The fraction of sp³-hybridized carbons (Fsp3) is 0.143. The summed E-state index contributed by atoms with van der Waals surface area (Å²) in [7, 11) is 1.91. The molecule has 0 aliphatic carbocycles. The van der Waals surface area contributed by atoms with Crippen LogP contribution in [0.15, 0.2) is 54.9 Å². The molecule has 0 unspecified atom stereocenters. The maximum atomic E-state index is 13.0. The van der Waals surface area contributed by atoms with Crippen molar-refractivity contribution in [2.24, 2.45) is 7.05 Å². The summed E-state index contributed by atoms with van der Waals surface area (Å²) in [6.07, 6.45) is 3.29. The van der Waals surface area contributed by atoms with Crippen molar-refractivity contribution in [1.29, 1.82) is 0 Å². The lowest BCUT2D eigenvalue weighted by atomic mass is 10.0. The molecule has 0 radical (unpaired) electrons. The maximum absolute atomic E-state index is 13.0. The molecular weight excluding hydrogens is 338 g/mol. The highest BCUT2D eigenvalue weighted by molar-refractivity contribution is 6.13. The molecule has 0 saturated carbocycles. The van der Waals surface area contributed by atoms with Crippen molar-refractivity contribution in [3.63, 3.8) is 0 Å². The van der Waals surface area contributed by atoms with Crippen molar-refractivity contribution in [2.75, 3.05) is 5.32 Å². The number of benzene rings is 1. The van der Waals surface area contributed by atoms with Gasteiger partial charge < -0.3 is 5.32 Å². The molecule has 0 aliphatic heterocycles. The molecule has 0 spiro atoms. The zero-order valence-electron chi connectivity index (χ0n) is 15.4.